The second-order valence-corrected chi connectivity index (χ2v) is 4.17. The van der Waals surface area contributed by atoms with Gasteiger partial charge in [-0.25, -0.2) is 4.98 Å². The molecule has 18 heavy (non-hydrogen) atoms. The highest BCUT2D eigenvalue weighted by Gasteiger charge is 2.22. The summed E-state index contributed by atoms with van der Waals surface area (Å²) in [5.41, 5.74) is 8.39. The number of pyridine rings is 1. The van der Waals surface area contributed by atoms with Crippen LogP contribution in [0.2, 0.25) is 0 Å². The second kappa shape index (κ2) is 5.97. The van der Waals surface area contributed by atoms with E-state index in [9.17, 15) is 9.59 Å². The van der Waals surface area contributed by atoms with Gasteiger partial charge in [0, 0.05) is 0 Å². The van der Waals surface area contributed by atoms with Crippen molar-refractivity contribution in [1.82, 2.24) is 10.3 Å². The maximum atomic E-state index is 11.8. The Kier molecular flexibility index (Phi) is 4.61. The maximum Gasteiger partial charge on any atom is 0.270 e. The summed E-state index contributed by atoms with van der Waals surface area (Å²) in [7, 11) is 0. The van der Waals surface area contributed by atoms with Crippen LogP contribution in [0.1, 0.15) is 24.3 Å². The van der Waals surface area contributed by atoms with Crippen molar-refractivity contribution in [3.63, 3.8) is 0 Å². The summed E-state index contributed by atoms with van der Waals surface area (Å²) in [5, 5.41) is 2.54. The van der Waals surface area contributed by atoms with Crippen LogP contribution < -0.4 is 22.3 Å². The van der Waals surface area contributed by atoms with Crippen LogP contribution in [0.5, 0.6) is 0 Å². The van der Waals surface area contributed by atoms with Crippen LogP contribution in [0.25, 0.3) is 0 Å². The van der Waals surface area contributed by atoms with E-state index in [1.807, 2.05) is 0 Å². The number of nitrogen functional groups attached to an aromatic ring is 1. The molecule has 0 aliphatic carbocycles. The molecule has 0 aliphatic rings. The lowest BCUT2D eigenvalue weighted by Gasteiger charge is -2.18. The first kappa shape index (κ1) is 13.9. The Bertz CT molecular complexity index is 430. The molecule has 0 saturated carbocycles. The van der Waals surface area contributed by atoms with Gasteiger partial charge in [0.1, 0.15) is 11.7 Å². The molecule has 0 fully saturated rings. The third-order valence-corrected chi connectivity index (χ3v) is 2.42. The van der Waals surface area contributed by atoms with E-state index in [1.165, 1.54) is 12.3 Å². The van der Waals surface area contributed by atoms with Crippen molar-refractivity contribution in [2.75, 3.05) is 5.43 Å². The number of aromatic nitrogens is 1. The van der Waals surface area contributed by atoms with E-state index in [0.29, 0.717) is 5.69 Å². The summed E-state index contributed by atoms with van der Waals surface area (Å²) in [6.45, 7) is 3.59. The summed E-state index contributed by atoms with van der Waals surface area (Å²) >= 11 is 0. The predicted molar refractivity (Wildman–Crippen MR) is 67.3 cm³/mol. The van der Waals surface area contributed by atoms with Crippen molar-refractivity contribution in [2.45, 2.75) is 19.9 Å². The Hall–Kier alpha value is -2.15. The standard InChI is InChI=1S/C11H17N5O2/c1-6(2)9(10(12)17)15-11(18)8-4-3-7(16-13)5-14-8/h3-6,9,16H,13H2,1-2H3,(H2,12,17)(H,15,18). The Balaban J connectivity index is 2.77. The molecule has 1 aromatic rings. The van der Waals surface area contributed by atoms with Crippen LogP contribution >= 0.6 is 0 Å². The van der Waals surface area contributed by atoms with Crippen molar-refractivity contribution in [3.05, 3.63) is 24.0 Å². The molecular formula is C11H17N5O2. The van der Waals surface area contributed by atoms with E-state index < -0.39 is 17.9 Å². The fraction of sp³-hybridized carbons (Fsp3) is 0.364. The molecule has 0 radical (unpaired) electrons. The van der Waals surface area contributed by atoms with Crippen molar-refractivity contribution in [2.24, 2.45) is 17.5 Å². The molecule has 1 atom stereocenters. The number of nitrogens with two attached hydrogens (primary N) is 2. The highest BCUT2D eigenvalue weighted by Crippen LogP contribution is 2.06. The zero-order chi connectivity index (χ0) is 13.7. The molecule has 7 nitrogen and oxygen atoms in total. The number of nitrogens with zero attached hydrogens (tertiary/aromatic N) is 1. The quantitative estimate of drug-likeness (QED) is 0.419. The highest BCUT2D eigenvalue weighted by molar-refractivity contribution is 5.96. The van der Waals surface area contributed by atoms with Gasteiger partial charge in [0.05, 0.1) is 11.9 Å². The number of carbonyl (C=O) groups excluding carboxylic acids is 2. The van der Waals surface area contributed by atoms with Gasteiger partial charge in [-0.05, 0) is 18.1 Å². The minimum atomic E-state index is -0.716. The maximum absolute atomic E-state index is 11.8. The third kappa shape index (κ3) is 3.42. The minimum Gasteiger partial charge on any atom is -0.368 e. The molecule has 6 N–H and O–H groups in total. The van der Waals surface area contributed by atoms with Crippen LogP contribution in [0, 0.1) is 5.92 Å². The minimum absolute atomic E-state index is 0.0866. The average molecular weight is 251 g/mol. The van der Waals surface area contributed by atoms with Crippen molar-refractivity contribution < 1.29 is 9.59 Å². The number of nitrogens with one attached hydrogen (secondary N) is 2. The van der Waals surface area contributed by atoms with Crippen LogP contribution in [0.3, 0.4) is 0 Å². The first-order valence-corrected chi connectivity index (χ1v) is 5.48. The van der Waals surface area contributed by atoms with Crippen LogP contribution in [0.15, 0.2) is 18.3 Å². The molecule has 0 bridgehead atoms. The van der Waals surface area contributed by atoms with Crippen molar-refractivity contribution >= 4 is 17.5 Å². The number of anilines is 1. The molecule has 0 aromatic carbocycles. The zero-order valence-electron chi connectivity index (χ0n) is 10.3. The number of primary amides is 1. The lowest BCUT2D eigenvalue weighted by Crippen LogP contribution is -2.47. The number of amides is 2. The Morgan fingerprint density at radius 2 is 2.00 bits per heavy atom. The smallest absolute Gasteiger partial charge is 0.270 e. The van der Waals surface area contributed by atoms with E-state index in [4.69, 9.17) is 11.6 Å². The zero-order valence-corrected chi connectivity index (χ0v) is 10.3. The number of hydrogen-bond acceptors (Lipinski definition) is 5. The summed E-state index contributed by atoms with van der Waals surface area (Å²) in [6.07, 6.45) is 1.42. The Morgan fingerprint density at radius 1 is 1.33 bits per heavy atom. The van der Waals surface area contributed by atoms with Gasteiger partial charge >= 0.3 is 0 Å². The summed E-state index contributed by atoms with van der Waals surface area (Å²) in [6, 6.07) is 2.39. The van der Waals surface area contributed by atoms with Gasteiger partial charge in [-0.1, -0.05) is 13.8 Å². The van der Waals surface area contributed by atoms with Gasteiger partial charge in [0.15, 0.2) is 0 Å². The highest BCUT2D eigenvalue weighted by atomic mass is 16.2. The normalized spacial score (nSPS) is 12.0. The Labute approximate surface area is 105 Å². The lowest BCUT2D eigenvalue weighted by molar-refractivity contribution is -0.120. The summed E-state index contributed by atoms with van der Waals surface area (Å²) in [4.78, 5) is 26.9. The fourth-order valence-corrected chi connectivity index (χ4v) is 1.40. The lowest BCUT2D eigenvalue weighted by atomic mass is 10.0. The van der Waals surface area contributed by atoms with Gasteiger partial charge in [0.2, 0.25) is 5.91 Å². The van der Waals surface area contributed by atoms with E-state index in [0.717, 1.165) is 0 Å². The van der Waals surface area contributed by atoms with Gasteiger partial charge < -0.3 is 16.5 Å². The molecule has 0 saturated heterocycles. The molecule has 1 aromatic heterocycles. The van der Waals surface area contributed by atoms with E-state index in [-0.39, 0.29) is 11.6 Å². The summed E-state index contributed by atoms with van der Waals surface area (Å²) in [5.74, 6) is 4.08. The van der Waals surface area contributed by atoms with E-state index >= 15 is 0 Å². The summed E-state index contributed by atoms with van der Waals surface area (Å²) < 4.78 is 0. The van der Waals surface area contributed by atoms with Crippen LogP contribution in [0.4, 0.5) is 5.69 Å². The van der Waals surface area contributed by atoms with Crippen LogP contribution in [-0.4, -0.2) is 22.8 Å². The molecule has 1 heterocycles. The van der Waals surface area contributed by atoms with Crippen LogP contribution in [-0.2, 0) is 4.79 Å². The molecule has 2 amide bonds. The molecule has 98 valence electrons. The number of carbonyl (C=O) groups is 2. The molecule has 1 rings (SSSR count). The van der Waals surface area contributed by atoms with E-state index in [1.54, 1.807) is 19.9 Å². The predicted octanol–water partition coefficient (Wildman–Crippen LogP) is -0.393. The Morgan fingerprint density at radius 3 is 2.39 bits per heavy atom. The molecule has 7 heteroatoms. The third-order valence-electron chi connectivity index (χ3n) is 2.42. The van der Waals surface area contributed by atoms with Gasteiger partial charge in [-0.15, -0.1) is 0 Å². The first-order valence-electron chi connectivity index (χ1n) is 5.48. The van der Waals surface area contributed by atoms with Gasteiger partial charge in [0.25, 0.3) is 5.91 Å². The molecule has 1 unspecified atom stereocenters. The van der Waals surface area contributed by atoms with Gasteiger partial charge in [-0.3, -0.25) is 15.4 Å². The number of hydrazine groups is 1. The van der Waals surface area contributed by atoms with Crippen molar-refractivity contribution in [3.8, 4) is 0 Å². The molecule has 0 spiro atoms. The number of hydrogen-bond donors (Lipinski definition) is 4. The topological polar surface area (TPSA) is 123 Å². The number of rotatable bonds is 5. The monoisotopic (exact) mass is 251 g/mol. The SMILES string of the molecule is CC(C)C(NC(=O)c1ccc(NN)cn1)C(N)=O. The molecular weight excluding hydrogens is 234 g/mol. The first-order chi connectivity index (χ1) is 8.45. The average Bonchev–Trinajstić information content (AvgIpc) is 2.35. The largest absolute Gasteiger partial charge is 0.368 e. The molecule has 0 aliphatic heterocycles. The van der Waals surface area contributed by atoms with Crippen molar-refractivity contribution in [1.29, 1.82) is 0 Å². The fourth-order valence-electron chi connectivity index (χ4n) is 1.40. The second-order valence-electron chi connectivity index (χ2n) is 4.17. The van der Waals surface area contributed by atoms with E-state index in [2.05, 4.69) is 15.7 Å². The van der Waals surface area contributed by atoms with Gasteiger partial charge in [-0.2, -0.15) is 0 Å².